The molecule has 1 atom stereocenters. The minimum absolute atomic E-state index is 0.154. The fourth-order valence-corrected chi connectivity index (χ4v) is 2.02. The van der Waals surface area contributed by atoms with Gasteiger partial charge < -0.3 is 5.32 Å². The number of hydrogen-bond acceptors (Lipinski definition) is 4. The van der Waals surface area contributed by atoms with Gasteiger partial charge >= 0.3 is 6.18 Å². The third-order valence-corrected chi connectivity index (χ3v) is 3.26. The van der Waals surface area contributed by atoms with Crippen molar-refractivity contribution in [1.29, 1.82) is 5.26 Å². The molecule has 0 bridgehead atoms. The number of nitrogens with one attached hydrogen (secondary N) is 1. The van der Waals surface area contributed by atoms with Gasteiger partial charge in [0.1, 0.15) is 23.5 Å². The molecule has 1 N–H and O–H groups in total. The SMILES string of the molecule is Cc1cc(C(F)(F)F)nn1C(C)C(=O)Nc1c(C#N)cnn1C. The zero-order valence-corrected chi connectivity index (χ0v) is 12.5. The van der Waals surface area contributed by atoms with Crippen LogP contribution >= 0.6 is 0 Å². The molecular weight excluding hydrogens is 313 g/mol. The van der Waals surface area contributed by atoms with Crippen LogP contribution in [0.25, 0.3) is 0 Å². The Hall–Kier alpha value is -2.83. The number of nitriles is 1. The number of carbonyl (C=O) groups excluding carboxylic acids is 1. The first-order valence-electron chi connectivity index (χ1n) is 6.51. The van der Waals surface area contributed by atoms with Gasteiger partial charge in [-0.25, -0.2) is 0 Å². The Morgan fingerprint density at radius 3 is 2.65 bits per heavy atom. The van der Waals surface area contributed by atoms with Crippen molar-refractivity contribution in [3.05, 3.63) is 29.2 Å². The molecule has 2 rings (SSSR count). The van der Waals surface area contributed by atoms with E-state index in [-0.39, 0.29) is 17.1 Å². The molecule has 1 unspecified atom stereocenters. The summed E-state index contributed by atoms with van der Waals surface area (Å²) in [6.45, 7) is 2.84. The van der Waals surface area contributed by atoms with Gasteiger partial charge in [-0.2, -0.15) is 28.6 Å². The molecule has 2 aromatic rings. The largest absolute Gasteiger partial charge is 0.435 e. The Morgan fingerprint density at radius 1 is 1.48 bits per heavy atom. The maximum atomic E-state index is 12.7. The number of amides is 1. The first-order chi connectivity index (χ1) is 10.6. The van der Waals surface area contributed by atoms with Crippen molar-refractivity contribution < 1.29 is 18.0 Å². The minimum atomic E-state index is -4.58. The molecule has 0 spiro atoms. The standard InChI is InChI=1S/C13H13F3N6O/c1-7-4-10(13(14,15)16)20-22(7)8(2)12(23)19-11-9(5-17)6-18-21(11)3/h4,6,8H,1-3H3,(H,19,23). The summed E-state index contributed by atoms with van der Waals surface area (Å²) in [5, 5.41) is 18.7. The lowest BCUT2D eigenvalue weighted by molar-refractivity contribution is -0.141. The minimum Gasteiger partial charge on any atom is -0.308 e. The lowest BCUT2D eigenvalue weighted by atomic mass is 10.3. The van der Waals surface area contributed by atoms with Crippen LogP contribution in [0.3, 0.4) is 0 Å². The van der Waals surface area contributed by atoms with Gasteiger partial charge in [0.05, 0.1) is 6.20 Å². The molecule has 0 saturated carbocycles. The van der Waals surface area contributed by atoms with E-state index in [1.165, 1.54) is 31.8 Å². The summed E-state index contributed by atoms with van der Waals surface area (Å²) in [6, 6.07) is 1.74. The normalized spacial score (nSPS) is 12.7. The van der Waals surface area contributed by atoms with Crippen molar-refractivity contribution in [2.45, 2.75) is 26.1 Å². The van der Waals surface area contributed by atoms with E-state index in [1.807, 2.05) is 6.07 Å². The number of aryl methyl sites for hydroxylation is 2. The van der Waals surface area contributed by atoms with Crippen LogP contribution < -0.4 is 5.32 Å². The molecule has 0 fully saturated rings. The second kappa shape index (κ2) is 5.75. The summed E-state index contributed by atoms with van der Waals surface area (Å²) < 4.78 is 40.3. The molecule has 0 aromatic carbocycles. The third-order valence-electron chi connectivity index (χ3n) is 3.26. The van der Waals surface area contributed by atoms with E-state index < -0.39 is 23.8 Å². The number of nitrogens with zero attached hydrogens (tertiary/aromatic N) is 5. The molecule has 0 saturated heterocycles. The van der Waals surface area contributed by atoms with Gasteiger partial charge in [0, 0.05) is 12.7 Å². The van der Waals surface area contributed by atoms with Gasteiger partial charge in [0.15, 0.2) is 5.69 Å². The molecule has 0 aliphatic heterocycles. The number of hydrogen-bond donors (Lipinski definition) is 1. The van der Waals surface area contributed by atoms with Gasteiger partial charge in [-0.1, -0.05) is 0 Å². The van der Waals surface area contributed by atoms with Crippen LogP contribution in [0.1, 0.15) is 29.9 Å². The first kappa shape index (κ1) is 16.5. The highest BCUT2D eigenvalue weighted by Crippen LogP contribution is 2.29. The van der Waals surface area contributed by atoms with Crippen molar-refractivity contribution in [3.8, 4) is 6.07 Å². The van der Waals surface area contributed by atoms with E-state index in [0.29, 0.717) is 0 Å². The topological polar surface area (TPSA) is 88.5 Å². The summed E-state index contributed by atoms with van der Waals surface area (Å²) in [7, 11) is 1.53. The predicted molar refractivity (Wildman–Crippen MR) is 73.2 cm³/mol. The molecule has 7 nitrogen and oxygen atoms in total. The average Bonchev–Trinajstić information content (AvgIpc) is 3.02. The molecule has 0 aliphatic rings. The summed E-state index contributed by atoms with van der Waals surface area (Å²) in [4.78, 5) is 12.2. The zero-order valence-electron chi connectivity index (χ0n) is 12.5. The number of anilines is 1. The molecule has 23 heavy (non-hydrogen) atoms. The smallest absolute Gasteiger partial charge is 0.308 e. The van der Waals surface area contributed by atoms with Crippen LogP contribution in [0.15, 0.2) is 12.3 Å². The maximum Gasteiger partial charge on any atom is 0.435 e. The highest BCUT2D eigenvalue weighted by atomic mass is 19.4. The van der Waals surface area contributed by atoms with Crippen LogP contribution in [-0.4, -0.2) is 25.5 Å². The lowest BCUT2D eigenvalue weighted by Gasteiger charge is -2.14. The fourth-order valence-electron chi connectivity index (χ4n) is 2.02. The second-order valence-electron chi connectivity index (χ2n) is 4.92. The fraction of sp³-hybridized carbons (Fsp3) is 0.385. The Labute approximate surface area is 129 Å². The van der Waals surface area contributed by atoms with Crippen LogP contribution in [0.2, 0.25) is 0 Å². The van der Waals surface area contributed by atoms with E-state index in [1.54, 1.807) is 0 Å². The summed E-state index contributed by atoms with van der Waals surface area (Å²) >= 11 is 0. The average molecular weight is 326 g/mol. The monoisotopic (exact) mass is 326 g/mol. The molecule has 10 heteroatoms. The Morgan fingerprint density at radius 2 is 2.13 bits per heavy atom. The molecule has 0 radical (unpaired) electrons. The van der Waals surface area contributed by atoms with Crippen molar-refractivity contribution in [3.63, 3.8) is 0 Å². The van der Waals surface area contributed by atoms with Gasteiger partial charge in [-0.3, -0.25) is 14.2 Å². The number of halogens is 3. The van der Waals surface area contributed by atoms with Crippen molar-refractivity contribution in [1.82, 2.24) is 19.6 Å². The van der Waals surface area contributed by atoms with E-state index in [9.17, 15) is 18.0 Å². The Bertz CT molecular complexity index is 783. The van der Waals surface area contributed by atoms with E-state index in [2.05, 4.69) is 15.5 Å². The van der Waals surface area contributed by atoms with Crippen LogP contribution in [0.4, 0.5) is 19.0 Å². The van der Waals surface area contributed by atoms with Gasteiger partial charge in [0.25, 0.3) is 0 Å². The zero-order chi connectivity index (χ0) is 17.4. The van der Waals surface area contributed by atoms with Crippen molar-refractivity contribution >= 4 is 11.7 Å². The van der Waals surface area contributed by atoms with Crippen molar-refractivity contribution in [2.24, 2.45) is 7.05 Å². The Kier molecular flexibility index (Phi) is 4.14. The summed E-state index contributed by atoms with van der Waals surface area (Å²) in [5.74, 6) is -0.435. The number of carbonyl (C=O) groups is 1. The third kappa shape index (κ3) is 3.18. The van der Waals surface area contributed by atoms with Crippen LogP contribution in [0, 0.1) is 18.3 Å². The maximum absolute atomic E-state index is 12.7. The number of rotatable bonds is 3. The van der Waals surface area contributed by atoms with Gasteiger partial charge in [-0.05, 0) is 19.9 Å². The number of aromatic nitrogens is 4. The molecule has 2 heterocycles. The highest BCUT2D eigenvalue weighted by Gasteiger charge is 2.35. The van der Waals surface area contributed by atoms with Crippen LogP contribution in [-0.2, 0) is 18.0 Å². The summed E-state index contributed by atoms with van der Waals surface area (Å²) in [5.41, 5.74) is -0.709. The molecular formula is C13H13F3N6O. The quantitative estimate of drug-likeness (QED) is 0.934. The van der Waals surface area contributed by atoms with Crippen LogP contribution in [0.5, 0.6) is 0 Å². The highest BCUT2D eigenvalue weighted by molar-refractivity contribution is 5.93. The van der Waals surface area contributed by atoms with Crippen molar-refractivity contribution in [2.75, 3.05) is 5.32 Å². The molecule has 1 amide bonds. The second-order valence-corrected chi connectivity index (χ2v) is 4.92. The van der Waals surface area contributed by atoms with E-state index in [0.717, 1.165) is 10.7 Å². The predicted octanol–water partition coefficient (Wildman–Crippen LogP) is 2.02. The van der Waals surface area contributed by atoms with E-state index >= 15 is 0 Å². The lowest BCUT2D eigenvalue weighted by Crippen LogP contribution is -2.26. The number of alkyl halides is 3. The molecule has 2 aromatic heterocycles. The first-order valence-corrected chi connectivity index (χ1v) is 6.51. The summed E-state index contributed by atoms with van der Waals surface area (Å²) in [6.07, 6.45) is -3.30. The molecule has 0 aliphatic carbocycles. The Balaban J connectivity index is 2.25. The van der Waals surface area contributed by atoms with E-state index in [4.69, 9.17) is 5.26 Å². The van der Waals surface area contributed by atoms with Gasteiger partial charge in [0.2, 0.25) is 5.91 Å². The van der Waals surface area contributed by atoms with Gasteiger partial charge in [-0.15, -0.1) is 0 Å². The molecule has 122 valence electrons.